The van der Waals surface area contributed by atoms with Crippen molar-refractivity contribution in [1.29, 1.82) is 0 Å². The highest BCUT2D eigenvalue weighted by Gasteiger charge is 2.36. The van der Waals surface area contributed by atoms with Crippen LogP contribution in [0.15, 0.2) is 53.4 Å². The highest BCUT2D eigenvalue weighted by Crippen LogP contribution is 2.44. The Morgan fingerprint density at radius 1 is 1.02 bits per heavy atom. The second-order valence-electron chi connectivity index (χ2n) is 13.1. The molecule has 1 aliphatic carbocycles. The molecule has 2 aliphatic rings. The quantitative estimate of drug-likeness (QED) is 0.295. The molecule has 0 amide bonds. The Kier molecular flexibility index (Phi) is 10.3. The van der Waals surface area contributed by atoms with Gasteiger partial charge in [0, 0.05) is 37.2 Å². The van der Waals surface area contributed by atoms with E-state index in [0.29, 0.717) is 36.1 Å². The van der Waals surface area contributed by atoms with Crippen LogP contribution in [0.25, 0.3) is 11.3 Å². The van der Waals surface area contributed by atoms with Gasteiger partial charge >= 0.3 is 0 Å². The summed E-state index contributed by atoms with van der Waals surface area (Å²) in [5.74, 6) is 1.63. The number of methoxy groups -OCH3 is 1. The molecule has 5 rings (SSSR count). The Morgan fingerprint density at radius 3 is 2.41 bits per heavy atom. The van der Waals surface area contributed by atoms with E-state index in [1.807, 2.05) is 50.2 Å². The fourth-order valence-corrected chi connectivity index (χ4v) is 8.32. The largest absolute Gasteiger partial charge is 0.477 e. The number of nitrogens with zero attached hydrogens (tertiary/aromatic N) is 3. The van der Waals surface area contributed by atoms with Gasteiger partial charge in [-0.2, -0.15) is 4.98 Å². The summed E-state index contributed by atoms with van der Waals surface area (Å²) < 4.78 is 42.0. The molecule has 3 aromatic rings. The molecule has 2 heterocycles. The van der Waals surface area contributed by atoms with E-state index in [1.165, 1.54) is 0 Å². The Morgan fingerprint density at radius 2 is 1.73 bits per heavy atom. The maximum atomic E-state index is 13.8. The minimum Gasteiger partial charge on any atom is -0.477 e. The first-order valence-electron chi connectivity index (χ1n) is 16.0. The summed E-state index contributed by atoms with van der Waals surface area (Å²) in [4.78, 5) is 11.9. The third kappa shape index (κ3) is 7.44. The predicted molar refractivity (Wildman–Crippen MR) is 176 cm³/mol. The lowest BCUT2D eigenvalue weighted by atomic mass is 9.68. The molecule has 1 saturated carbocycles. The van der Waals surface area contributed by atoms with Crippen molar-refractivity contribution in [2.75, 3.05) is 38.6 Å². The molecule has 238 valence electrons. The van der Waals surface area contributed by atoms with Gasteiger partial charge in [0.25, 0.3) is 10.0 Å². The zero-order chi connectivity index (χ0) is 31.4. The minimum absolute atomic E-state index is 0.0130. The number of aryl methyl sites for hydroxylation is 2. The Hall–Kier alpha value is -3.01. The van der Waals surface area contributed by atoms with E-state index in [0.717, 1.165) is 67.5 Å². The molecule has 2 atom stereocenters. The van der Waals surface area contributed by atoms with Crippen molar-refractivity contribution in [3.8, 4) is 17.1 Å². The normalized spacial score (nSPS) is 23.4. The summed E-state index contributed by atoms with van der Waals surface area (Å²) in [6.45, 7) is 10.7. The summed E-state index contributed by atoms with van der Waals surface area (Å²) in [7, 11) is 0.00714. The molecule has 9 heteroatoms. The van der Waals surface area contributed by atoms with Crippen molar-refractivity contribution in [1.82, 2.24) is 14.9 Å². The monoisotopic (exact) mass is 620 g/mol. The Bertz CT molecular complexity index is 1520. The van der Waals surface area contributed by atoms with Crippen LogP contribution in [-0.4, -0.2) is 63.2 Å². The fraction of sp³-hybridized carbons (Fsp3) is 0.543. The number of fused-ring (bicyclic) bond motifs is 4. The lowest BCUT2D eigenvalue weighted by Gasteiger charge is -2.41. The van der Waals surface area contributed by atoms with Gasteiger partial charge in [0.1, 0.15) is 0 Å². The summed E-state index contributed by atoms with van der Waals surface area (Å²) in [6.07, 6.45) is 5.38. The molecule has 44 heavy (non-hydrogen) atoms. The van der Waals surface area contributed by atoms with Crippen LogP contribution >= 0.6 is 0 Å². The van der Waals surface area contributed by atoms with Gasteiger partial charge in [-0.05, 0) is 99.6 Å². The molecule has 1 aromatic heterocycles. The van der Waals surface area contributed by atoms with Gasteiger partial charge in [0.05, 0.1) is 23.8 Å². The van der Waals surface area contributed by atoms with E-state index in [9.17, 15) is 8.42 Å². The van der Waals surface area contributed by atoms with Crippen LogP contribution in [0.5, 0.6) is 5.88 Å². The number of likely N-dealkylation sites (N-methyl/N-ethyl adjacent to an activating group) is 1. The van der Waals surface area contributed by atoms with Crippen LogP contribution in [0.2, 0.25) is 0 Å². The standard InChI is InChI=1S/C35H48N4O4S/c1-23(2)19-28-22-43-32-21-31(33-24(3)9-7-10-25(33)4)36-35(37-32)38-44(40,41)30-12-8-11-27(20-30)34(28)26-13-15-29(16-14-26)39(5)17-18-42-6/h7-12,20-21,23,26,28-29,34H,13-19,22H2,1-6H3,(H,36,37,38)/t26-,28-,29-,34?/m1/s1. The summed E-state index contributed by atoms with van der Waals surface area (Å²) in [5, 5.41) is 0. The van der Waals surface area contributed by atoms with Gasteiger partial charge < -0.3 is 14.4 Å². The van der Waals surface area contributed by atoms with E-state index in [2.05, 4.69) is 46.6 Å². The van der Waals surface area contributed by atoms with E-state index in [-0.39, 0.29) is 22.7 Å². The number of sulfonamides is 1. The van der Waals surface area contributed by atoms with E-state index in [1.54, 1.807) is 13.2 Å². The van der Waals surface area contributed by atoms with E-state index in [4.69, 9.17) is 9.47 Å². The number of benzene rings is 2. The van der Waals surface area contributed by atoms with Gasteiger partial charge in [0.2, 0.25) is 11.8 Å². The van der Waals surface area contributed by atoms with Crippen molar-refractivity contribution in [2.45, 2.75) is 76.7 Å². The van der Waals surface area contributed by atoms with Crippen molar-refractivity contribution >= 4 is 16.0 Å². The highest BCUT2D eigenvalue weighted by atomic mass is 32.2. The number of hydrogen-bond donors (Lipinski definition) is 1. The van der Waals surface area contributed by atoms with Crippen LogP contribution in [0.3, 0.4) is 0 Å². The van der Waals surface area contributed by atoms with Crippen LogP contribution in [0, 0.1) is 31.6 Å². The average molecular weight is 621 g/mol. The van der Waals surface area contributed by atoms with Gasteiger partial charge in [-0.1, -0.05) is 44.2 Å². The Balaban J connectivity index is 1.55. The molecular weight excluding hydrogens is 572 g/mol. The van der Waals surface area contributed by atoms with E-state index < -0.39 is 10.0 Å². The molecule has 0 spiro atoms. The minimum atomic E-state index is -3.94. The number of hydrogen-bond acceptors (Lipinski definition) is 7. The predicted octanol–water partition coefficient (Wildman–Crippen LogP) is 6.84. The number of aromatic nitrogens is 2. The third-order valence-electron chi connectivity index (χ3n) is 9.47. The second kappa shape index (κ2) is 14.0. The zero-order valence-corrected chi connectivity index (χ0v) is 27.9. The smallest absolute Gasteiger partial charge is 0.264 e. The first-order chi connectivity index (χ1) is 21.1. The Labute approximate surface area is 263 Å². The number of ether oxygens (including phenoxy) is 2. The fourth-order valence-electron chi connectivity index (χ4n) is 7.32. The van der Waals surface area contributed by atoms with Crippen molar-refractivity contribution in [3.05, 3.63) is 65.2 Å². The van der Waals surface area contributed by atoms with Gasteiger partial charge in [-0.25, -0.2) is 18.1 Å². The summed E-state index contributed by atoms with van der Waals surface area (Å²) in [5.41, 5.74) is 4.77. The van der Waals surface area contributed by atoms with Crippen LogP contribution in [-0.2, 0) is 14.8 Å². The average Bonchev–Trinajstić information content (AvgIpc) is 2.98. The molecule has 1 fully saturated rings. The van der Waals surface area contributed by atoms with E-state index >= 15 is 0 Å². The van der Waals surface area contributed by atoms with Gasteiger partial charge in [-0.3, -0.25) is 0 Å². The van der Waals surface area contributed by atoms with Crippen LogP contribution in [0.4, 0.5) is 5.95 Å². The number of anilines is 1. The van der Waals surface area contributed by atoms with Crippen molar-refractivity contribution < 1.29 is 17.9 Å². The lowest BCUT2D eigenvalue weighted by molar-refractivity contribution is 0.0946. The maximum Gasteiger partial charge on any atom is 0.264 e. The molecular formula is C35H48N4O4S. The molecule has 0 saturated heterocycles. The SMILES string of the molecule is COCCN(C)[C@H]1CC[C@H](C2c3cccc(c3)S(=O)(=O)Nc3nc(cc(-c4c(C)cccc4C)n3)OC[C@H]2CC(C)C)CC1. The van der Waals surface area contributed by atoms with Gasteiger partial charge in [-0.15, -0.1) is 0 Å². The summed E-state index contributed by atoms with van der Waals surface area (Å²) in [6, 6.07) is 16.0. The summed E-state index contributed by atoms with van der Waals surface area (Å²) >= 11 is 0. The molecule has 0 radical (unpaired) electrons. The molecule has 1 aliphatic heterocycles. The molecule has 4 bridgehead atoms. The topological polar surface area (TPSA) is 93.7 Å². The zero-order valence-electron chi connectivity index (χ0n) is 27.0. The molecule has 2 aromatic carbocycles. The molecule has 1 unspecified atom stereocenters. The maximum absolute atomic E-state index is 13.8. The number of nitrogens with one attached hydrogen (secondary N) is 1. The van der Waals surface area contributed by atoms with Gasteiger partial charge in [0.15, 0.2) is 0 Å². The second-order valence-corrected chi connectivity index (χ2v) is 14.8. The first kappa shape index (κ1) is 32.4. The van der Waals surface area contributed by atoms with Crippen molar-refractivity contribution in [3.63, 3.8) is 0 Å². The van der Waals surface area contributed by atoms with Crippen LogP contribution in [0.1, 0.15) is 68.6 Å². The number of rotatable bonds is 8. The van der Waals surface area contributed by atoms with Crippen molar-refractivity contribution in [2.24, 2.45) is 17.8 Å². The molecule has 1 N–H and O–H groups in total. The third-order valence-corrected chi connectivity index (χ3v) is 10.8. The highest BCUT2D eigenvalue weighted by molar-refractivity contribution is 7.92. The lowest BCUT2D eigenvalue weighted by Crippen LogP contribution is -2.39. The first-order valence-corrected chi connectivity index (χ1v) is 17.4. The van der Waals surface area contributed by atoms with Crippen LogP contribution < -0.4 is 9.46 Å². The molecule has 8 nitrogen and oxygen atoms in total.